The Labute approximate surface area is 210 Å². The molecule has 4 rings (SSSR count). The van der Waals surface area contributed by atoms with Crippen LogP contribution in [0.15, 0.2) is 66.7 Å². The number of ether oxygens (including phenoxy) is 1. The number of Topliss-reactive ketones (excluding diaryl/α,β-unsaturated/α-hetero) is 1. The van der Waals surface area contributed by atoms with Crippen molar-refractivity contribution in [2.75, 3.05) is 0 Å². The van der Waals surface area contributed by atoms with E-state index in [0.29, 0.717) is 10.0 Å². The van der Waals surface area contributed by atoms with Crippen LogP contribution in [0.4, 0.5) is 0 Å². The first kappa shape index (κ1) is 24.4. The van der Waals surface area contributed by atoms with Gasteiger partial charge >= 0.3 is 0 Å². The molecule has 3 aromatic carbocycles. The summed E-state index contributed by atoms with van der Waals surface area (Å²) in [6, 6.07) is 21.4. The lowest BCUT2D eigenvalue weighted by atomic mass is 9.87. The number of halogens is 2. The molecule has 0 radical (unpaired) electrons. The molecule has 1 heterocycles. The van der Waals surface area contributed by atoms with Gasteiger partial charge in [0.1, 0.15) is 6.10 Å². The van der Waals surface area contributed by atoms with E-state index in [1.807, 2.05) is 88.4 Å². The second-order valence-corrected chi connectivity index (χ2v) is 10.4. The highest BCUT2D eigenvalue weighted by atomic mass is 35.5. The standard InChI is InChI=1S/C29H27Cl2NO2/c1-17-16-25-23(14-15-24(32-25)19-6-10-21(30)11-7-19)27(20-8-12-22(31)13-9-20)26(17)28(18(2)33)34-29(3,4)5/h6-16,28H,1-5H3/t28-/m1/s1. The van der Waals surface area contributed by atoms with Crippen LogP contribution in [-0.4, -0.2) is 16.4 Å². The number of fused-ring (bicyclic) bond motifs is 1. The zero-order valence-corrected chi connectivity index (χ0v) is 21.5. The zero-order valence-electron chi connectivity index (χ0n) is 19.9. The summed E-state index contributed by atoms with van der Waals surface area (Å²) in [5, 5.41) is 2.29. The van der Waals surface area contributed by atoms with E-state index >= 15 is 0 Å². The molecule has 1 aromatic heterocycles. The summed E-state index contributed by atoms with van der Waals surface area (Å²) < 4.78 is 6.30. The number of ketones is 1. The zero-order chi connectivity index (χ0) is 24.6. The topological polar surface area (TPSA) is 39.2 Å². The molecule has 0 fully saturated rings. The van der Waals surface area contributed by atoms with Gasteiger partial charge in [0.2, 0.25) is 0 Å². The fraction of sp³-hybridized carbons (Fsp3) is 0.241. The molecule has 0 aliphatic carbocycles. The van der Waals surface area contributed by atoms with Crippen LogP contribution < -0.4 is 0 Å². The molecule has 0 spiro atoms. The van der Waals surface area contributed by atoms with Crippen molar-refractivity contribution in [3.8, 4) is 22.4 Å². The number of nitrogens with zero attached hydrogens (tertiary/aromatic N) is 1. The van der Waals surface area contributed by atoms with E-state index in [0.717, 1.165) is 44.4 Å². The average Bonchev–Trinajstić information content (AvgIpc) is 2.77. The van der Waals surface area contributed by atoms with Crippen LogP contribution in [0, 0.1) is 6.92 Å². The number of hydrogen-bond acceptors (Lipinski definition) is 3. The lowest BCUT2D eigenvalue weighted by Crippen LogP contribution is -2.27. The fourth-order valence-corrected chi connectivity index (χ4v) is 4.42. The van der Waals surface area contributed by atoms with Gasteiger partial charge < -0.3 is 4.74 Å². The molecule has 0 saturated heterocycles. The van der Waals surface area contributed by atoms with Crippen molar-refractivity contribution in [1.29, 1.82) is 0 Å². The van der Waals surface area contributed by atoms with Crippen molar-refractivity contribution in [2.24, 2.45) is 0 Å². The van der Waals surface area contributed by atoms with Gasteiger partial charge in [0.05, 0.1) is 16.8 Å². The van der Waals surface area contributed by atoms with Gasteiger partial charge in [-0.25, -0.2) is 4.98 Å². The molecule has 0 unspecified atom stereocenters. The van der Waals surface area contributed by atoms with Crippen molar-refractivity contribution in [3.05, 3.63) is 87.9 Å². The van der Waals surface area contributed by atoms with Crippen molar-refractivity contribution in [1.82, 2.24) is 4.98 Å². The first-order valence-electron chi connectivity index (χ1n) is 11.2. The number of benzene rings is 3. The van der Waals surface area contributed by atoms with Gasteiger partial charge in [-0.2, -0.15) is 0 Å². The normalized spacial score (nSPS) is 12.7. The highest BCUT2D eigenvalue weighted by Gasteiger charge is 2.29. The molecule has 0 amide bonds. The number of rotatable bonds is 5. The average molecular weight is 492 g/mol. The maximum Gasteiger partial charge on any atom is 0.163 e. The summed E-state index contributed by atoms with van der Waals surface area (Å²) in [7, 11) is 0. The predicted molar refractivity (Wildman–Crippen MR) is 142 cm³/mol. The summed E-state index contributed by atoms with van der Waals surface area (Å²) in [4.78, 5) is 17.8. The van der Waals surface area contributed by atoms with Gasteiger partial charge in [0.25, 0.3) is 0 Å². The number of aromatic nitrogens is 1. The molecule has 0 aliphatic rings. The van der Waals surface area contributed by atoms with Gasteiger partial charge in [-0.3, -0.25) is 4.79 Å². The van der Waals surface area contributed by atoms with Crippen LogP contribution in [0.2, 0.25) is 10.0 Å². The Bertz CT molecular complexity index is 1350. The third-order valence-electron chi connectivity index (χ3n) is 5.62. The Kier molecular flexibility index (Phi) is 6.82. The number of aryl methyl sites for hydroxylation is 1. The number of hydrogen-bond donors (Lipinski definition) is 0. The molecule has 5 heteroatoms. The van der Waals surface area contributed by atoms with Crippen molar-refractivity contribution in [3.63, 3.8) is 0 Å². The molecule has 3 nitrogen and oxygen atoms in total. The highest BCUT2D eigenvalue weighted by Crippen LogP contribution is 2.41. The first-order valence-corrected chi connectivity index (χ1v) is 11.9. The SMILES string of the molecule is CC(=O)[C@@H](OC(C)(C)C)c1c(C)cc2nc(-c3ccc(Cl)cc3)ccc2c1-c1ccc(Cl)cc1. The molecule has 174 valence electrons. The van der Waals surface area contributed by atoms with Gasteiger partial charge in [0, 0.05) is 21.0 Å². The van der Waals surface area contributed by atoms with E-state index in [2.05, 4.69) is 6.07 Å². The monoisotopic (exact) mass is 491 g/mol. The Morgan fingerprint density at radius 1 is 0.882 bits per heavy atom. The third kappa shape index (κ3) is 5.17. The third-order valence-corrected chi connectivity index (χ3v) is 6.12. The molecule has 0 bridgehead atoms. The second-order valence-electron chi connectivity index (χ2n) is 9.48. The van der Waals surface area contributed by atoms with E-state index in [1.54, 1.807) is 6.92 Å². The predicted octanol–water partition coefficient (Wildman–Crippen LogP) is 8.63. The van der Waals surface area contributed by atoms with E-state index < -0.39 is 11.7 Å². The van der Waals surface area contributed by atoms with Crippen LogP contribution in [0.1, 0.15) is 44.9 Å². The van der Waals surface area contributed by atoms with Crippen LogP contribution in [0.3, 0.4) is 0 Å². The van der Waals surface area contributed by atoms with Crippen molar-refractivity contribution < 1.29 is 9.53 Å². The van der Waals surface area contributed by atoms with Gasteiger partial charge in [-0.05, 0) is 93.3 Å². The van der Waals surface area contributed by atoms with Gasteiger partial charge in [-0.15, -0.1) is 0 Å². The van der Waals surface area contributed by atoms with Crippen LogP contribution >= 0.6 is 23.2 Å². The number of pyridine rings is 1. The number of carbonyl (C=O) groups excluding carboxylic acids is 1. The Balaban J connectivity index is 2.01. The minimum absolute atomic E-state index is 0.0432. The summed E-state index contributed by atoms with van der Waals surface area (Å²) >= 11 is 12.3. The second kappa shape index (κ2) is 9.50. The molecule has 4 aromatic rings. The molecular weight excluding hydrogens is 465 g/mol. The molecule has 0 aliphatic heterocycles. The Morgan fingerprint density at radius 3 is 1.97 bits per heavy atom. The molecule has 34 heavy (non-hydrogen) atoms. The molecule has 0 saturated carbocycles. The Hall–Kier alpha value is -2.72. The lowest BCUT2D eigenvalue weighted by Gasteiger charge is -2.29. The minimum Gasteiger partial charge on any atom is -0.360 e. The van der Waals surface area contributed by atoms with Gasteiger partial charge in [0.15, 0.2) is 5.78 Å². The van der Waals surface area contributed by atoms with Crippen LogP contribution in [0.5, 0.6) is 0 Å². The highest BCUT2D eigenvalue weighted by molar-refractivity contribution is 6.31. The Morgan fingerprint density at radius 2 is 1.44 bits per heavy atom. The largest absolute Gasteiger partial charge is 0.360 e. The quantitative estimate of drug-likeness (QED) is 0.280. The van der Waals surface area contributed by atoms with Crippen LogP contribution in [0.25, 0.3) is 33.3 Å². The summed E-state index contributed by atoms with van der Waals surface area (Å²) in [5.41, 5.74) is 5.89. The van der Waals surface area contributed by atoms with E-state index in [9.17, 15) is 4.79 Å². The molecule has 1 atom stereocenters. The summed E-state index contributed by atoms with van der Waals surface area (Å²) in [6.45, 7) is 9.46. The maximum absolute atomic E-state index is 12.8. The van der Waals surface area contributed by atoms with Crippen LogP contribution in [-0.2, 0) is 9.53 Å². The van der Waals surface area contributed by atoms with Gasteiger partial charge in [-0.1, -0.05) is 53.5 Å². The van der Waals surface area contributed by atoms with E-state index in [1.165, 1.54) is 0 Å². The first-order chi connectivity index (χ1) is 16.0. The van der Waals surface area contributed by atoms with E-state index in [-0.39, 0.29) is 5.78 Å². The van der Waals surface area contributed by atoms with E-state index in [4.69, 9.17) is 32.9 Å². The molecule has 0 N–H and O–H groups in total. The minimum atomic E-state index is -0.703. The molecular formula is C29H27Cl2NO2. The summed E-state index contributed by atoms with van der Waals surface area (Å²) in [5.74, 6) is -0.0432. The fourth-order valence-electron chi connectivity index (χ4n) is 4.17. The smallest absolute Gasteiger partial charge is 0.163 e. The van der Waals surface area contributed by atoms with Crippen molar-refractivity contribution >= 4 is 39.9 Å². The number of carbonyl (C=O) groups is 1. The lowest BCUT2D eigenvalue weighted by molar-refractivity contribution is -0.138. The van der Waals surface area contributed by atoms with Crippen molar-refractivity contribution in [2.45, 2.75) is 46.3 Å². The maximum atomic E-state index is 12.8. The summed E-state index contributed by atoms with van der Waals surface area (Å²) in [6.07, 6.45) is -0.703.